The lowest BCUT2D eigenvalue weighted by Crippen LogP contribution is -2.27. The van der Waals surface area contributed by atoms with Crippen molar-refractivity contribution in [3.63, 3.8) is 0 Å². The number of para-hydroxylation sites is 1. The molecule has 0 bridgehead atoms. The molecule has 1 aromatic rings. The van der Waals surface area contributed by atoms with Gasteiger partial charge in [-0.15, -0.1) is 0 Å². The van der Waals surface area contributed by atoms with Gasteiger partial charge in [0.2, 0.25) is 10.0 Å². The SMILES string of the molecule is CN(c1ccccc1C(O)CN)S(C)(=O)=O. The summed E-state index contributed by atoms with van der Waals surface area (Å²) in [6.45, 7) is 0.0502. The quantitative estimate of drug-likeness (QED) is 0.785. The third-order valence-electron chi connectivity index (χ3n) is 2.36. The molecular weight excluding hydrogens is 228 g/mol. The van der Waals surface area contributed by atoms with Gasteiger partial charge in [-0.1, -0.05) is 18.2 Å². The maximum Gasteiger partial charge on any atom is 0.232 e. The molecule has 0 heterocycles. The maximum atomic E-state index is 11.4. The second-order valence-corrected chi connectivity index (χ2v) is 5.55. The van der Waals surface area contributed by atoms with Crippen LogP contribution < -0.4 is 10.0 Å². The Bertz CT molecular complexity index is 459. The molecule has 0 saturated carbocycles. The first kappa shape index (κ1) is 13.0. The van der Waals surface area contributed by atoms with Crippen LogP contribution >= 0.6 is 0 Å². The van der Waals surface area contributed by atoms with E-state index >= 15 is 0 Å². The summed E-state index contributed by atoms with van der Waals surface area (Å²) < 4.78 is 23.9. The molecular formula is C10H16N2O3S. The van der Waals surface area contributed by atoms with Gasteiger partial charge in [0.1, 0.15) is 0 Å². The summed E-state index contributed by atoms with van der Waals surface area (Å²) in [6, 6.07) is 6.74. The zero-order valence-corrected chi connectivity index (χ0v) is 10.1. The first-order valence-electron chi connectivity index (χ1n) is 4.79. The average molecular weight is 244 g/mol. The first-order chi connectivity index (χ1) is 7.38. The number of rotatable bonds is 4. The minimum absolute atomic E-state index is 0.0502. The van der Waals surface area contributed by atoms with Crippen LogP contribution in [0, 0.1) is 0 Å². The Balaban J connectivity index is 3.24. The molecule has 0 saturated heterocycles. The standard InChI is InChI=1S/C10H16N2O3S/c1-12(16(2,14)15)9-6-4-3-5-8(9)10(13)7-11/h3-6,10,13H,7,11H2,1-2H3. The molecule has 0 radical (unpaired) electrons. The van der Waals surface area contributed by atoms with Crippen molar-refractivity contribution in [2.75, 3.05) is 24.2 Å². The van der Waals surface area contributed by atoms with Crippen LogP contribution in [0.1, 0.15) is 11.7 Å². The lowest BCUT2D eigenvalue weighted by Gasteiger charge is -2.22. The van der Waals surface area contributed by atoms with Gasteiger partial charge in [-0.2, -0.15) is 0 Å². The van der Waals surface area contributed by atoms with E-state index in [4.69, 9.17) is 5.73 Å². The lowest BCUT2D eigenvalue weighted by atomic mass is 10.1. The highest BCUT2D eigenvalue weighted by Crippen LogP contribution is 2.26. The molecule has 0 aliphatic rings. The molecule has 0 aliphatic heterocycles. The molecule has 3 N–H and O–H groups in total. The minimum atomic E-state index is -3.34. The zero-order valence-electron chi connectivity index (χ0n) is 9.29. The van der Waals surface area contributed by atoms with E-state index in [2.05, 4.69) is 0 Å². The Labute approximate surface area is 95.5 Å². The van der Waals surface area contributed by atoms with Crippen LogP contribution in [0.3, 0.4) is 0 Å². The van der Waals surface area contributed by atoms with Gasteiger partial charge in [-0.3, -0.25) is 4.31 Å². The molecule has 1 unspecified atom stereocenters. The molecule has 0 fully saturated rings. The van der Waals surface area contributed by atoms with Gasteiger partial charge in [0.25, 0.3) is 0 Å². The fraction of sp³-hybridized carbons (Fsp3) is 0.400. The highest BCUT2D eigenvalue weighted by atomic mass is 32.2. The number of hydrogen-bond donors (Lipinski definition) is 2. The van der Waals surface area contributed by atoms with E-state index < -0.39 is 16.1 Å². The van der Waals surface area contributed by atoms with E-state index in [1.807, 2.05) is 0 Å². The molecule has 0 aliphatic carbocycles. The van der Waals surface area contributed by atoms with Gasteiger partial charge < -0.3 is 10.8 Å². The molecule has 0 amide bonds. The van der Waals surface area contributed by atoms with Crippen LogP contribution in [-0.4, -0.2) is 33.4 Å². The zero-order chi connectivity index (χ0) is 12.3. The van der Waals surface area contributed by atoms with Gasteiger partial charge >= 0.3 is 0 Å². The Hall–Kier alpha value is -1.11. The number of hydrogen-bond acceptors (Lipinski definition) is 4. The largest absolute Gasteiger partial charge is 0.387 e. The number of aliphatic hydroxyl groups is 1. The highest BCUT2D eigenvalue weighted by Gasteiger charge is 2.18. The summed E-state index contributed by atoms with van der Waals surface area (Å²) in [5.41, 5.74) is 6.32. The van der Waals surface area contributed by atoms with Crippen molar-refractivity contribution in [3.05, 3.63) is 29.8 Å². The number of nitrogens with two attached hydrogens (primary N) is 1. The van der Waals surface area contributed by atoms with Crippen molar-refractivity contribution in [2.45, 2.75) is 6.10 Å². The van der Waals surface area contributed by atoms with E-state index in [0.717, 1.165) is 10.6 Å². The molecule has 1 aromatic carbocycles. The second-order valence-electron chi connectivity index (χ2n) is 3.54. The van der Waals surface area contributed by atoms with Crippen LogP contribution in [0.15, 0.2) is 24.3 Å². The molecule has 0 aromatic heterocycles. The number of sulfonamides is 1. The van der Waals surface area contributed by atoms with Crippen LogP contribution in [0.5, 0.6) is 0 Å². The summed E-state index contributed by atoms with van der Waals surface area (Å²) in [6.07, 6.45) is 0.249. The summed E-state index contributed by atoms with van der Waals surface area (Å²) in [7, 11) is -1.90. The Morgan fingerprint density at radius 2 is 2.00 bits per heavy atom. The third kappa shape index (κ3) is 2.72. The van der Waals surface area contributed by atoms with E-state index in [9.17, 15) is 13.5 Å². The molecule has 90 valence electrons. The maximum absolute atomic E-state index is 11.4. The van der Waals surface area contributed by atoms with Crippen LogP contribution in [0.2, 0.25) is 0 Å². The molecule has 1 atom stereocenters. The van der Waals surface area contributed by atoms with Gasteiger partial charge in [0.05, 0.1) is 18.0 Å². The van der Waals surface area contributed by atoms with Crippen LogP contribution in [0.25, 0.3) is 0 Å². The predicted molar refractivity (Wildman–Crippen MR) is 63.7 cm³/mol. The smallest absolute Gasteiger partial charge is 0.232 e. The Morgan fingerprint density at radius 1 is 1.44 bits per heavy atom. The van der Waals surface area contributed by atoms with Gasteiger partial charge in [-0.05, 0) is 6.07 Å². The molecule has 1 rings (SSSR count). The monoisotopic (exact) mass is 244 g/mol. The summed E-state index contributed by atoms with van der Waals surface area (Å²) in [5.74, 6) is 0. The lowest BCUT2D eigenvalue weighted by molar-refractivity contribution is 0.187. The highest BCUT2D eigenvalue weighted by molar-refractivity contribution is 7.92. The summed E-state index contributed by atoms with van der Waals surface area (Å²) in [4.78, 5) is 0. The summed E-state index contributed by atoms with van der Waals surface area (Å²) in [5, 5.41) is 9.68. The summed E-state index contributed by atoms with van der Waals surface area (Å²) >= 11 is 0. The van der Waals surface area contributed by atoms with E-state index in [1.165, 1.54) is 7.05 Å². The van der Waals surface area contributed by atoms with E-state index in [0.29, 0.717) is 11.3 Å². The third-order valence-corrected chi connectivity index (χ3v) is 3.55. The topological polar surface area (TPSA) is 83.6 Å². The van der Waals surface area contributed by atoms with E-state index in [1.54, 1.807) is 24.3 Å². The van der Waals surface area contributed by atoms with Gasteiger partial charge in [-0.25, -0.2) is 8.42 Å². The number of nitrogens with zero attached hydrogens (tertiary/aromatic N) is 1. The fourth-order valence-electron chi connectivity index (χ4n) is 1.36. The van der Waals surface area contributed by atoms with Crippen LogP contribution in [-0.2, 0) is 10.0 Å². The molecule has 5 nitrogen and oxygen atoms in total. The van der Waals surface area contributed by atoms with Crippen LogP contribution in [0.4, 0.5) is 5.69 Å². The van der Waals surface area contributed by atoms with Gasteiger partial charge in [0, 0.05) is 19.2 Å². The molecule has 6 heteroatoms. The van der Waals surface area contributed by atoms with Gasteiger partial charge in [0.15, 0.2) is 0 Å². The second kappa shape index (κ2) is 4.82. The first-order valence-corrected chi connectivity index (χ1v) is 6.63. The van der Waals surface area contributed by atoms with Crippen molar-refractivity contribution >= 4 is 15.7 Å². The Morgan fingerprint density at radius 3 is 2.50 bits per heavy atom. The number of benzene rings is 1. The van der Waals surface area contributed by atoms with Crippen molar-refractivity contribution in [2.24, 2.45) is 5.73 Å². The molecule has 16 heavy (non-hydrogen) atoms. The minimum Gasteiger partial charge on any atom is -0.387 e. The normalized spacial score (nSPS) is 13.5. The fourth-order valence-corrected chi connectivity index (χ4v) is 1.89. The Kier molecular flexibility index (Phi) is 3.90. The van der Waals surface area contributed by atoms with Crippen molar-refractivity contribution < 1.29 is 13.5 Å². The average Bonchev–Trinajstić information content (AvgIpc) is 2.25. The predicted octanol–water partition coefficient (Wildman–Crippen LogP) is 0.0745. The van der Waals surface area contributed by atoms with E-state index in [-0.39, 0.29) is 6.54 Å². The molecule has 0 spiro atoms. The van der Waals surface area contributed by atoms with Crippen molar-refractivity contribution in [1.29, 1.82) is 0 Å². The van der Waals surface area contributed by atoms with Crippen molar-refractivity contribution in [1.82, 2.24) is 0 Å². The number of aliphatic hydroxyl groups excluding tert-OH is 1. The number of anilines is 1. The van der Waals surface area contributed by atoms with Crippen molar-refractivity contribution in [3.8, 4) is 0 Å².